The van der Waals surface area contributed by atoms with Gasteiger partial charge in [-0.2, -0.15) is 0 Å². The normalized spacial score (nSPS) is 18.5. The summed E-state index contributed by atoms with van der Waals surface area (Å²) >= 11 is 0. The fourth-order valence-electron chi connectivity index (χ4n) is 6.09. The lowest BCUT2D eigenvalue weighted by atomic mass is 9.92. The van der Waals surface area contributed by atoms with E-state index in [0.717, 1.165) is 29.9 Å². The van der Waals surface area contributed by atoms with Gasteiger partial charge in [0.15, 0.2) is 0 Å². The van der Waals surface area contributed by atoms with E-state index in [1.165, 1.54) is 44.2 Å². The predicted molar refractivity (Wildman–Crippen MR) is 174 cm³/mol. The van der Waals surface area contributed by atoms with Crippen molar-refractivity contribution in [2.75, 3.05) is 0 Å². The largest absolute Gasteiger partial charge is 0.313 e. The van der Waals surface area contributed by atoms with Gasteiger partial charge in [0.25, 0.3) is 0 Å². The first-order valence-electron chi connectivity index (χ1n) is 14.2. The lowest BCUT2D eigenvalue weighted by Crippen LogP contribution is -2.18. The molecule has 0 spiro atoms. The molecule has 2 unspecified atom stereocenters. The molecule has 2 aliphatic carbocycles. The van der Waals surface area contributed by atoms with Gasteiger partial charge in [-0.15, -0.1) is 0 Å². The van der Waals surface area contributed by atoms with Crippen LogP contribution in [-0.2, 0) is 4.57 Å². The minimum absolute atomic E-state index is 0.0123. The average molecular weight is 539 g/mol. The van der Waals surface area contributed by atoms with Crippen molar-refractivity contribution in [2.24, 2.45) is 0 Å². The highest BCUT2D eigenvalue weighted by atomic mass is 31.2. The minimum Gasteiger partial charge on any atom is -0.313 e. The van der Waals surface area contributed by atoms with Crippen molar-refractivity contribution in [2.45, 2.75) is 38.8 Å². The van der Waals surface area contributed by atoms with E-state index >= 15 is 4.57 Å². The first kappa shape index (κ1) is 26.3. The molecule has 6 rings (SSSR count). The topological polar surface area (TPSA) is 17.1 Å². The smallest absolute Gasteiger partial charge is 0.149 e. The summed E-state index contributed by atoms with van der Waals surface area (Å²) in [5, 5.41) is 4.47. The number of allylic oxidation sites excluding steroid dienone is 9. The van der Waals surface area contributed by atoms with Crippen LogP contribution in [0.25, 0.3) is 33.5 Å². The van der Waals surface area contributed by atoms with E-state index in [0.29, 0.717) is 0 Å². The van der Waals surface area contributed by atoms with E-state index in [2.05, 4.69) is 111 Å². The molecule has 0 heterocycles. The number of hydrogen-bond acceptors (Lipinski definition) is 1. The van der Waals surface area contributed by atoms with E-state index in [4.69, 9.17) is 0 Å². The number of hydrogen-bond donors (Lipinski definition) is 0. The van der Waals surface area contributed by atoms with Gasteiger partial charge in [-0.3, -0.25) is 0 Å². The molecule has 198 valence electrons. The standard InChI is InChI=1S/C38H35OP/c1-3-12-37-28(2)21-22-33-26-32(23-24-38(33)37)30-14-10-13-29(25-30)31-15-11-20-36(27-31)40(39,34-16-6-4-7-17-34)35-18-8-5-9-19-35/h3-10,12-14,16-18,20-27,35H,11,15,19H2,1-2H3/b12-3-. The van der Waals surface area contributed by atoms with Crippen LogP contribution in [0, 0.1) is 6.92 Å². The van der Waals surface area contributed by atoms with Gasteiger partial charge >= 0.3 is 0 Å². The molecule has 0 N–H and O–H groups in total. The highest BCUT2D eigenvalue weighted by Gasteiger charge is 2.36. The molecule has 2 heteroatoms. The zero-order chi connectivity index (χ0) is 27.5. The molecule has 40 heavy (non-hydrogen) atoms. The van der Waals surface area contributed by atoms with Crippen LogP contribution in [-0.4, -0.2) is 5.66 Å². The Bertz CT molecular complexity index is 1760. The highest BCUT2D eigenvalue weighted by Crippen LogP contribution is 2.61. The van der Waals surface area contributed by atoms with E-state index in [9.17, 15) is 0 Å². The van der Waals surface area contributed by atoms with Crippen molar-refractivity contribution < 1.29 is 4.57 Å². The maximum atomic E-state index is 15.0. The molecule has 2 aliphatic rings. The maximum Gasteiger partial charge on any atom is 0.149 e. The van der Waals surface area contributed by atoms with Crippen LogP contribution in [0.15, 0.2) is 133 Å². The van der Waals surface area contributed by atoms with Gasteiger partial charge in [-0.05, 0) is 95.5 Å². The molecule has 0 bridgehead atoms. The summed E-state index contributed by atoms with van der Waals surface area (Å²) in [6, 6.07) is 30.2. The van der Waals surface area contributed by atoms with E-state index in [-0.39, 0.29) is 5.66 Å². The minimum atomic E-state index is -2.85. The Balaban J connectivity index is 1.38. The van der Waals surface area contributed by atoms with Crippen LogP contribution in [0.4, 0.5) is 0 Å². The van der Waals surface area contributed by atoms with Gasteiger partial charge in [0.05, 0.1) is 0 Å². The second kappa shape index (κ2) is 11.3. The molecule has 4 aromatic rings. The van der Waals surface area contributed by atoms with Crippen LogP contribution in [0.5, 0.6) is 0 Å². The van der Waals surface area contributed by atoms with Crippen molar-refractivity contribution in [1.82, 2.24) is 0 Å². The Kier molecular flexibility index (Phi) is 7.42. The molecule has 0 aromatic heterocycles. The summed E-state index contributed by atoms with van der Waals surface area (Å²) in [5.74, 6) is 0. The predicted octanol–water partition coefficient (Wildman–Crippen LogP) is 10.5. The summed E-state index contributed by atoms with van der Waals surface area (Å²) in [7, 11) is -2.85. The SMILES string of the molecule is C/C=C\c1c(C)ccc2cc(-c3cccc(C4=CC(P(=O)(c5ccccc5)C5C=CC=CC5)=CCC4)c3)ccc12. The van der Waals surface area contributed by atoms with Crippen LogP contribution in [0.3, 0.4) is 0 Å². The summed E-state index contributed by atoms with van der Waals surface area (Å²) in [5.41, 5.74) is 7.46. The van der Waals surface area contributed by atoms with E-state index in [1.807, 2.05) is 36.4 Å². The number of rotatable bonds is 6. The van der Waals surface area contributed by atoms with Crippen molar-refractivity contribution in [3.8, 4) is 11.1 Å². The monoisotopic (exact) mass is 538 g/mol. The molecular formula is C38H35OP. The van der Waals surface area contributed by atoms with Gasteiger partial charge in [-0.1, -0.05) is 115 Å². The van der Waals surface area contributed by atoms with Gasteiger partial charge in [-0.25, -0.2) is 0 Å². The summed E-state index contributed by atoms with van der Waals surface area (Å²) in [4.78, 5) is 0. The van der Waals surface area contributed by atoms with Gasteiger partial charge in [0.2, 0.25) is 0 Å². The fourth-order valence-corrected chi connectivity index (χ4v) is 9.28. The van der Waals surface area contributed by atoms with Crippen LogP contribution in [0.2, 0.25) is 0 Å². The third-order valence-corrected chi connectivity index (χ3v) is 11.7. The Hall–Kier alpha value is -3.93. The Labute approximate surface area is 238 Å². The van der Waals surface area contributed by atoms with Crippen molar-refractivity contribution in [3.05, 3.63) is 149 Å². The van der Waals surface area contributed by atoms with Gasteiger partial charge in [0, 0.05) is 16.3 Å². The van der Waals surface area contributed by atoms with Crippen molar-refractivity contribution in [3.63, 3.8) is 0 Å². The Morgan fingerprint density at radius 1 is 0.850 bits per heavy atom. The molecule has 0 amide bonds. The zero-order valence-corrected chi connectivity index (χ0v) is 24.2. The Morgan fingerprint density at radius 2 is 1.68 bits per heavy atom. The molecule has 0 aliphatic heterocycles. The second-order valence-electron chi connectivity index (χ2n) is 10.8. The van der Waals surface area contributed by atoms with Gasteiger partial charge in [0.1, 0.15) is 7.14 Å². The molecule has 0 saturated carbocycles. The lowest BCUT2D eigenvalue weighted by molar-refractivity contribution is 0.580. The third kappa shape index (κ3) is 4.91. The zero-order valence-electron chi connectivity index (χ0n) is 23.3. The van der Waals surface area contributed by atoms with Crippen molar-refractivity contribution >= 4 is 34.9 Å². The number of aryl methyl sites for hydroxylation is 1. The second-order valence-corrected chi connectivity index (χ2v) is 13.8. The third-order valence-electron chi connectivity index (χ3n) is 8.22. The average Bonchev–Trinajstić information content (AvgIpc) is 3.03. The lowest BCUT2D eigenvalue weighted by Gasteiger charge is -2.30. The summed E-state index contributed by atoms with van der Waals surface area (Å²) in [6.07, 6.45) is 19.8. The Morgan fingerprint density at radius 3 is 2.48 bits per heavy atom. The molecule has 2 atom stereocenters. The van der Waals surface area contributed by atoms with E-state index in [1.54, 1.807) is 0 Å². The molecular weight excluding hydrogens is 503 g/mol. The van der Waals surface area contributed by atoms with Crippen molar-refractivity contribution in [1.29, 1.82) is 0 Å². The highest BCUT2D eigenvalue weighted by molar-refractivity contribution is 7.76. The molecule has 0 radical (unpaired) electrons. The quantitative estimate of drug-likeness (QED) is 0.223. The molecule has 1 nitrogen and oxygen atoms in total. The summed E-state index contributed by atoms with van der Waals surface area (Å²) in [6.45, 7) is 4.24. The van der Waals surface area contributed by atoms with Crippen LogP contribution < -0.4 is 5.30 Å². The van der Waals surface area contributed by atoms with Crippen LogP contribution >= 0.6 is 7.14 Å². The molecule has 4 aromatic carbocycles. The maximum absolute atomic E-state index is 15.0. The molecule has 0 fully saturated rings. The fraction of sp³-hybridized carbons (Fsp3) is 0.158. The first-order valence-corrected chi connectivity index (χ1v) is 16.0. The van der Waals surface area contributed by atoms with Gasteiger partial charge < -0.3 is 4.57 Å². The van der Waals surface area contributed by atoms with Crippen LogP contribution in [0.1, 0.15) is 42.9 Å². The number of fused-ring (bicyclic) bond motifs is 1. The first-order chi connectivity index (χ1) is 19.6. The number of benzene rings is 4. The molecule has 0 saturated heterocycles. The summed E-state index contributed by atoms with van der Waals surface area (Å²) < 4.78 is 15.0. The van der Waals surface area contributed by atoms with E-state index < -0.39 is 7.14 Å².